The van der Waals surface area contributed by atoms with Crippen LogP contribution in [0, 0.1) is 0 Å². The summed E-state index contributed by atoms with van der Waals surface area (Å²) in [5.41, 5.74) is 2.28. The SMILES string of the molecule is CCCCc1cc(OC2CCN(CCCCNS(=O)(=O)C(C)C)CC2)c2ncccc2c1.Cl.Cl. The standard InChI is InChI=1S/C25H39N3O3S.2ClH/c1-4-5-9-21-18-22-10-8-13-26-25(22)24(19-21)31-23-11-16-28(17-12-23)15-7-6-14-27-32(29,30)20(2)3;;/h8,10,13,18-20,23,27H,4-7,9,11-12,14-17H2,1-3H3;2*1H. The Morgan fingerprint density at radius 3 is 2.56 bits per heavy atom. The molecule has 1 aliphatic heterocycles. The number of nitrogens with one attached hydrogen (secondary N) is 1. The molecule has 0 spiro atoms. The van der Waals surface area contributed by atoms with Gasteiger partial charge in [0.2, 0.25) is 10.0 Å². The lowest BCUT2D eigenvalue weighted by molar-refractivity contribution is 0.101. The van der Waals surface area contributed by atoms with Crippen LogP contribution in [0.15, 0.2) is 30.5 Å². The van der Waals surface area contributed by atoms with Crippen molar-refractivity contribution in [3.05, 3.63) is 36.0 Å². The predicted octanol–water partition coefficient (Wildman–Crippen LogP) is 5.37. The van der Waals surface area contributed by atoms with E-state index >= 15 is 0 Å². The van der Waals surface area contributed by atoms with Crippen LogP contribution in [0.25, 0.3) is 10.9 Å². The number of halogens is 2. The van der Waals surface area contributed by atoms with E-state index in [4.69, 9.17) is 4.74 Å². The molecular weight excluding hydrogens is 493 g/mol. The first-order valence-corrected chi connectivity index (χ1v) is 13.7. The Labute approximate surface area is 218 Å². The summed E-state index contributed by atoms with van der Waals surface area (Å²) in [6.07, 6.45) is 9.38. The Balaban J connectivity index is 0.00000289. The van der Waals surface area contributed by atoms with Gasteiger partial charge in [0.25, 0.3) is 0 Å². The minimum Gasteiger partial charge on any atom is -0.488 e. The molecule has 0 unspecified atom stereocenters. The summed E-state index contributed by atoms with van der Waals surface area (Å²) in [7, 11) is -3.15. The molecule has 34 heavy (non-hydrogen) atoms. The van der Waals surface area contributed by atoms with E-state index in [1.807, 2.05) is 12.3 Å². The fourth-order valence-corrected chi connectivity index (χ4v) is 4.87. The predicted molar refractivity (Wildman–Crippen MR) is 146 cm³/mol. The fraction of sp³-hybridized carbons (Fsp3) is 0.640. The number of benzene rings is 1. The number of likely N-dealkylation sites (tertiary alicyclic amines) is 1. The van der Waals surface area contributed by atoms with Gasteiger partial charge >= 0.3 is 0 Å². The van der Waals surface area contributed by atoms with Gasteiger partial charge in [0.15, 0.2) is 0 Å². The lowest BCUT2D eigenvalue weighted by atomic mass is 10.0. The minimum atomic E-state index is -3.15. The van der Waals surface area contributed by atoms with Gasteiger partial charge in [-0.15, -0.1) is 24.8 Å². The number of nitrogens with zero attached hydrogens (tertiary/aromatic N) is 2. The van der Waals surface area contributed by atoms with Crippen molar-refractivity contribution < 1.29 is 13.2 Å². The molecular formula is C25H41Cl2N3O3S. The van der Waals surface area contributed by atoms with Crippen molar-refractivity contribution in [1.82, 2.24) is 14.6 Å². The monoisotopic (exact) mass is 533 g/mol. The first kappa shape index (κ1) is 30.9. The number of aromatic nitrogens is 1. The molecule has 0 radical (unpaired) electrons. The fourth-order valence-electron chi connectivity index (χ4n) is 4.11. The number of hydrogen-bond acceptors (Lipinski definition) is 5. The molecule has 1 saturated heterocycles. The molecule has 0 bridgehead atoms. The molecule has 1 N–H and O–H groups in total. The summed E-state index contributed by atoms with van der Waals surface area (Å²) in [6, 6.07) is 8.54. The normalized spacial score (nSPS) is 15.2. The van der Waals surface area contributed by atoms with Crippen LogP contribution in [0.3, 0.4) is 0 Å². The molecule has 1 fully saturated rings. The number of ether oxygens (including phenoxy) is 1. The van der Waals surface area contributed by atoms with Gasteiger partial charge in [-0.3, -0.25) is 4.98 Å². The zero-order valence-corrected chi connectivity index (χ0v) is 23.1. The zero-order valence-electron chi connectivity index (χ0n) is 20.7. The molecule has 9 heteroatoms. The van der Waals surface area contributed by atoms with Gasteiger partial charge in [-0.05, 0) is 82.7 Å². The number of fused-ring (bicyclic) bond motifs is 1. The molecule has 2 heterocycles. The topological polar surface area (TPSA) is 71.5 Å². The van der Waals surface area contributed by atoms with Crippen molar-refractivity contribution in [2.45, 2.75) is 77.1 Å². The van der Waals surface area contributed by atoms with E-state index in [2.05, 4.69) is 39.7 Å². The van der Waals surface area contributed by atoms with Gasteiger partial charge in [-0.25, -0.2) is 13.1 Å². The highest BCUT2D eigenvalue weighted by atomic mass is 35.5. The third-order valence-corrected chi connectivity index (χ3v) is 8.05. The van der Waals surface area contributed by atoms with Crippen LogP contribution >= 0.6 is 24.8 Å². The second-order valence-corrected chi connectivity index (χ2v) is 11.4. The molecule has 1 aromatic carbocycles. The lowest BCUT2D eigenvalue weighted by Crippen LogP contribution is -2.39. The van der Waals surface area contributed by atoms with Crippen LogP contribution in [0.4, 0.5) is 0 Å². The molecule has 2 aromatic rings. The first-order chi connectivity index (χ1) is 15.4. The van der Waals surface area contributed by atoms with Crippen LogP contribution in [-0.2, 0) is 16.4 Å². The smallest absolute Gasteiger partial charge is 0.213 e. The second-order valence-electron chi connectivity index (χ2n) is 9.13. The van der Waals surface area contributed by atoms with Gasteiger partial charge in [0.05, 0.1) is 5.25 Å². The van der Waals surface area contributed by atoms with Crippen molar-refractivity contribution >= 4 is 45.7 Å². The third-order valence-electron chi connectivity index (χ3n) is 6.20. The van der Waals surface area contributed by atoms with E-state index < -0.39 is 10.0 Å². The Morgan fingerprint density at radius 2 is 1.88 bits per heavy atom. The van der Waals surface area contributed by atoms with Crippen LogP contribution < -0.4 is 9.46 Å². The number of pyridine rings is 1. The van der Waals surface area contributed by atoms with Crippen LogP contribution in [0.5, 0.6) is 5.75 Å². The molecule has 0 aliphatic carbocycles. The highest BCUT2D eigenvalue weighted by Gasteiger charge is 2.21. The number of unbranched alkanes of at least 4 members (excludes halogenated alkanes) is 2. The van der Waals surface area contributed by atoms with Crippen molar-refractivity contribution in [2.24, 2.45) is 0 Å². The van der Waals surface area contributed by atoms with E-state index in [1.165, 1.54) is 18.4 Å². The van der Waals surface area contributed by atoms with Crippen molar-refractivity contribution in [3.8, 4) is 5.75 Å². The summed E-state index contributed by atoms with van der Waals surface area (Å²) >= 11 is 0. The van der Waals surface area contributed by atoms with Gasteiger partial charge in [0, 0.05) is 31.2 Å². The van der Waals surface area contributed by atoms with Crippen LogP contribution in [-0.4, -0.2) is 55.8 Å². The van der Waals surface area contributed by atoms with Gasteiger partial charge in [-0.2, -0.15) is 0 Å². The molecule has 3 rings (SSSR count). The third kappa shape index (κ3) is 9.15. The maximum absolute atomic E-state index is 11.8. The molecule has 1 aliphatic rings. The van der Waals surface area contributed by atoms with Crippen LogP contribution in [0.2, 0.25) is 0 Å². The van der Waals surface area contributed by atoms with E-state index in [9.17, 15) is 8.42 Å². The average molecular weight is 535 g/mol. The largest absolute Gasteiger partial charge is 0.488 e. The number of hydrogen-bond donors (Lipinski definition) is 1. The number of rotatable bonds is 12. The Kier molecular flexibility index (Phi) is 13.7. The van der Waals surface area contributed by atoms with Crippen molar-refractivity contribution in [1.29, 1.82) is 0 Å². The van der Waals surface area contributed by atoms with Crippen LogP contribution in [0.1, 0.15) is 64.9 Å². The average Bonchev–Trinajstić information content (AvgIpc) is 2.78. The minimum absolute atomic E-state index is 0. The summed E-state index contributed by atoms with van der Waals surface area (Å²) in [4.78, 5) is 7.05. The summed E-state index contributed by atoms with van der Waals surface area (Å²) in [5, 5.41) is 0.780. The Morgan fingerprint density at radius 1 is 1.15 bits per heavy atom. The summed E-state index contributed by atoms with van der Waals surface area (Å²) < 4.78 is 32.8. The maximum atomic E-state index is 11.8. The molecule has 1 aromatic heterocycles. The number of piperidine rings is 1. The summed E-state index contributed by atoms with van der Waals surface area (Å²) in [6.45, 7) is 9.19. The maximum Gasteiger partial charge on any atom is 0.213 e. The van der Waals surface area contributed by atoms with Gasteiger partial charge in [0.1, 0.15) is 17.4 Å². The Bertz CT molecular complexity index is 965. The first-order valence-electron chi connectivity index (χ1n) is 12.1. The van der Waals surface area contributed by atoms with E-state index in [1.54, 1.807) is 13.8 Å². The zero-order chi connectivity index (χ0) is 23.0. The highest BCUT2D eigenvalue weighted by Crippen LogP contribution is 2.29. The second kappa shape index (κ2) is 15.1. The van der Waals surface area contributed by atoms with E-state index in [-0.39, 0.29) is 36.2 Å². The molecule has 0 atom stereocenters. The lowest BCUT2D eigenvalue weighted by Gasteiger charge is -2.32. The summed E-state index contributed by atoms with van der Waals surface area (Å²) in [5.74, 6) is 0.921. The molecule has 194 valence electrons. The number of aryl methyl sites for hydroxylation is 1. The van der Waals surface area contributed by atoms with Gasteiger partial charge in [-0.1, -0.05) is 19.4 Å². The number of sulfonamides is 1. The quantitative estimate of drug-likeness (QED) is 0.371. The molecule has 0 amide bonds. The van der Waals surface area contributed by atoms with Crippen molar-refractivity contribution in [3.63, 3.8) is 0 Å². The molecule has 6 nitrogen and oxygen atoms in total. The van der Waals surface area contributed by atoms with Crippen molar-refractivity contribution in [2.75, 3.05) is 26.2 Å². The Hall–Kier alpha value is -1.12. The van der Waals surface area contributed by atoms with E-state index in [0.29, 0.717) is 6.54 Å². The van der Waals surface area contributed by atoms with Gasteiger partial charge < -0.3 is 9.64 Å². The van der Waals surface area contributed by atoms with E-state index in [0.717, 1.165) is 68.4 Å². The highest BCUT2D eigenvalue weighted by molar-refractivity contribution is 7.90. The molecule has 0 saturated carbocycles.